The number of morpholine rings is 1. The van der Waals surface area contributed by atoms with Crippen LogP contribution >= 0.6 is 15.9 Å². The van der Waals surface area contributed by atoms with E-state index in [2.05, 4.69) is 26.5 Å². The summed E-state index contributed by atoms with van der Waals surface area (Å²) >= 11 is 3.34. The molecule has 3 rings (SSSR count). The van der Waals surface area contributed by atoms with Crippen molar-refractivity contribution in [1.82, 2.24) is 10.3 Å². The summed E-state index contributed by atoms with van der Waals surface area (Å²) in [6.07, 6.45) is 1.51. The molecule has 0 aromatic heterocycles. The summed E-state index contributed by atoms with van der Waals surface area (Å²) in [4.78, 5) is 26.2. The molecule has 9 heteroatoms. The molecule has 1 N–H and O–H groups in total. The summed E-state index contributed by atoms with van der Waals surface area (Å²) in [5.41, 5.74) is 3.70. The SMILES string of the molecule is CCOc1cc(/C=N/NC(=O)c2cccc(Br)c2)ccc1OCC(=O)N1CCOCC1. The number of rotatable bonds is 8. The molecule has 2 aromatic carbocycles. The van der Waals surface area contributed by atoms with E-state index in [0.29, 0.717) is 55.5 Å². The van der Waals surface area contributed by atoms with Crippen LogP contribution in [0.1, 0.15) is 22.8 Å². The van der Waals surface area contributed by atoms with Crippen LogP contribution in [0.25, 0.3) is 0 Å². The molecule has 0 atom stereocenters. The first kappa shape index (κ1) is 22.8. The molecular formula is C22H24BrN3O5. The van der Waals surface area contributed by atoms with Crippen molar-refractivity contribution in [3.63, 3.8) is 0 Å². The van der Waals surface area contributed by atoms with Gasteiger partial charge in [0.1, 0.15) is 0 Å². The highest BCUT2D eigenvalue weighted by Crippen LogP contribution is 2.28. The van der Waals surface area contributed by atoms with Crippen molar-refractivity contribution in [2.24, 2.45) is 5.10 Å². The smallest absolute Gasteiger partial charge is 0.271 e. The third-order valence-electron chi connectivity index (χ3n) is 4.45. The van der Waals surface area contributed by atoms with Crippen LogP contribution in [-0.4, -0.2) is 62.4 Å². The first-order valence-corrected chi connectivity index (χ1v) is 10.7. The van der Waals surface area contributed by atoms with Gasteiger partial charge in [0, 0.05) is 23.1 Å². The Bertz CT molecular complexity index is 944. The second kappa shape index (κ2) is 11.5. The van der Waals surface area contributed by atoms with Crippen molar-refractivity contribution in [3.8, 4) is 11.5 Å². The van der Waals surface area contributed by atoms with Crippen molar-refractivity contribution >= 4 is 34.0 Å². The third-order valence-corrected chi connectivity index (χ3v) is 4.94. The molecule has 2 aromatic rings. The van der Waals surface area contributed by atoms with Crippen molar-refractivity contribution in [3.05, 3.63) is 58.1 Å². The molecule has 1 saturated heterocycles. The zero-order chi connectivity index (χ0) is 22.1. The number of hydrogen-bond donors (Lipinski definition) is 1. The van der Waals surface area contributed by atoms with Gasteiger partial charge in [0.15, 0.2) is 18.1 Å². The largest absolute Gasteiger partial charge is 0.490 e. The van der Waals surface area contributed by atoms with Gasteiger partial charge in [-0.05, 0) is 48.9 Å². The number of amides is 2. The van der Waals surface area contributed by atoms with Gasteiger partial charge in [0.25, 0.3) is 11.8 Å². The van der Waals surface area contributed by atoms with Gasteiger partial charge in [-0.15, -0.1) is 0 Å². The average Bonchev–Trinajstić information content (AvgIpc) is 2.79. The van der Waals surface area contributed by atoms with E-state index in [4.69, 9.17) is 14.2 Å². The molecule has 0 unspecified atom stereocenters. The van der Waals surface area contributed by atoms with Gasteiger partial charge >= 0.3 is 0 Å². The van der Waals surface area contributed by atoms with Gasteiger partial charge in [-0.1, -0.05) is 22.0 Å². The fraction of sp³-hybridized carbons (Fsp3) is 0.318. The summed E-state index contributed by atoms with van der Waals surface area (Å²) in [6, 6.07) is 12.3. The minimum absolute atomic E-state index is 0.0732. The lowest BCUT2D eigenvalue weighted by Crippen LogP contribution is -2.43. The number of hydrogen-bond acceptors (Lipinski definition) is 6. The number of hydrazone groups is 1. The third kappa shape index (κ3) is 6.80. The lowest BCUT2D eigenvalue weighted by Gasteiger charge is -2.26. The van der Waals surface area contributed by atoms with Crippen molar-refractivity contribution < 1.29 is 23.8 Å². The zero-order valence-electron chi connectivity index (χ0n) is 17.2. The summed E-state index contributed by atoms with van der Waals surface area (Å²) in [5, 5.41) is 4.01. The summed E-state index contributed by atoms with van der Waals surface area (Å²) in [7, 11) is 0. The molecule has 1 fully saturated rings. The molecule has 1 aliphatic rings. The van der Waals surface area contributed by atoms with E-state index in [-0.39, 0.29) is 18.4 Å². The normalized spacial score (nSPS) is 13.8. The first-order valence-electron chi connectivity index (χ1n) is 9.91. The molecule has 0 radical (unpaired) electrons. The molecule has 8 nitrogen and oxygen atoms in total. The van der Waals surface area contributed by atoms with E-state index >= 15 is 0 Å². The Balaban J connectivity index is 1.60. The first-order chi connectivity index (χ1) is 15.1. The number of carbonyl (C=O) groups excluding carboxylic acids is 2. The van der Waals surface area contributed by atoms with Gasteiger partial charge in [0.2, 0.25) is 0 Å². The highest BCUT2D eigenvalue weighted by Gasteiger charge is 2.18. The molecule has 31 heavy (non-hydrogen) atoms. The fourth-order valence-corrected chi connectivity index (χ4v) is 3.29. The summed E-state index contributed by atoms with van der Waals surface area (Å²) in [6.45, 7) is 4.46. The van der Waals surface area contributed by atoms with Gasteiger partial charge in [-0.2, -0.15) is 5.10 Å². The van der Waals surface area contributed by atoms with Crippen LogP contribution in [0.15, 0.2) is 52.0 Å². The van der Waals surface area contributed by atoms with Crippen LogP contribution < -0.4 is 14.9 Å². The van der Waals surface area contributed by atoms with Gasteiger partial charge in [-0.3, -0.25) is 9.59 Å². The van der Waals surface area contributed by atoms with E-state index in [1.807, 2.05) is 13.0 Å². The van der Waals surface area contributed by atoms with Crippen LogP contribution in [0, 0.1) is 0 Å². The van der Waals surface area contributed by atoms with E-state index in [9.17, 15) is 9.59 Å². The quantitative estimate of drug-likeness (QED) is 0.454. The number of nitrogens with one attached hydrogen (secondary N) is 1. The Morgan fingerprint density at radius 3 is 2.71 bits per heavy atom. The molecule has 0 bridgehead atoms. The van der Waals surface area contributed by atoms with Crippen LogP contribution in [0.3, 0.4) is 0 Å². The topological polar surface area (TPSA) is 89.5 Å². The second-order valence-electron chi connectivity index (χ2n) is 6.63. The van der Waals surface area contributed by atoms with E-state index < -0.39 is 0 Å². The molecule has 1 aliphatic heterocycles. The Labute approximate surface area is 189 Å². The van der Waals surface area contributed by atoms with Crippen LogP contribution in [0.5, 0.6) is 11.5 Å². The number of halogens is 1. The molecule has 1 heterocycles. The Morgan fingerprint density at radius 1 is 1.16 bits per heavy atom. The molecule has 0 spiro atoms. The molecule has 164 valence electrons. The number of carbonyl (C=O) groups is 2. The van der Waals surface area contributed by atoms with Gasteiger partial charge in [0.05, 0.1) is 26.0 Å². The minimum atomic E-state index is -0.316. The highest BCUT2D eigenvalue weighted by atomic mass is 79.9. The lowest BCUT2D eigenvalue weighted by atomic mass is 10.2. The standard InChI is InChI=1S/C22H24BrN3O5/c1-2-30-20-12-16(14-24-25-22(28)17-4-3-5-18(23)13-17)6-7-19(20)31-15-21(27)26-8-10-29-11-9-26/h3-7,12-14H,2,8-11,15H2,1H3,(H,25,28)/b24-14+. The summed E-state index contributed by atoms with van der Waals surface area (Å²) in [5.74, 6) is 0.564. The number of benzene rings is 2. The minimum Gasteiger partial charge on any atom is -0.490 e. The van der Waals surface area contributed by atoms with Crippen LogP contribution in [-0.2, 0) is 9.53 Å². The van der Waals surface area contributed by atoms with E-state index in [0.717, 1.165) is 4.47 Å². The summed E-state index contributed by atoms with van der Waals surface area (Å²) < 4.78 is 17.4. The molecule has 0 saturated carbocycles. The maximum Gasteiger partial charge on any atom is 0.271 e. The van der Waals surface area contributed by atoms with Crippen molar-refractivity contribution in [2.75, 3.05) is 39.5 Å². The lowest BCUT2D eigenvalue weighted by molar-refractivity contribution is -0.137. The molecule has 2 amide bonds. The van der Waals surface area contributed by atoms with Crippen molar-refractivity contribution in [2.45, 2.75) is 6.92 Å². The highest BCUT2D eigenvalue weighted by molar-refractivity contribution is 9.10. The Hall–Kier alpha value is -2.91. The molecule has 0 aliphatic carbocycles. The Kier molecular flexibility index (Phi) is 8.43. The monoisotopic (exact) mass is 489 g/mol. The van der Waals surface area contributed by atoms with Crippen LogP contribution in [0.4, 0.5) is 0 Å². The van der Waals surface area contributed by atoms with Gasteiger partial charge in [-0.25, -0.2) is 5.43 Å². The van der Waals surface area contributed by atoms with E-state index in [1.165, 1.54) is 6.21 Å². The van der Waals surface area contributed by atoms with E-state index in [1.54, 1.807) is 41.3 Å². The maximum absolute atomic E-state index is 12.3. The zero-order valence-corrected chi connectivity index (χ0v) is 18.8. The average molecular weight is 490 g/mol. The Morgan fingerprint density at radius 2 is 1.97 bits per heavy atom. The van der Waals surface area contributed by atoms with Gasteiger partial charge < -0.3 is 19.1 Å². The van der Waals surface area contributed by atoms with Crippen LogP contribution in [0.2, 0.25) is 0 Å². The fourth-order valence-electron chi connectivity index (χ4n) is 2.90. The number of ether oxygens (including phenoxy) is 3. The second-order valence-corrected chi connectivity index (χ2v) is 7.55. The number of nitrogens with zero attached hydrogens (tertiary/aromatic N) is 2. The van der Waals surface area contributed by atoms with Crippen molar-refractivity contribution in [1.29, 1.82) is 0 Å². The molecular weight excluding hydrogens is 466 g/mol. The predicted molar refractivity (Wildman–Crippen MR) is 120 cm³/mol. The predicted octanol–water partition coefficient (Wildman–Crippen LogP) is 2.85. The maximum atomic E-state index is 12.3.